The smallest absolute Gasteiger partial charge is 0.262 e. The van der Waals surface area contributed by atoms with Gasteiger partial charge in [0, 0.05) is 18.7 Å². The van der Waals surface area contributed by atoms with Gasteiger partial charge < -0.3 is 15.0 Å². The second-order valence-corrected chi connectivity index (χ2v) is 6.83. The molecule has 1 amide bonds. The molecule has 1 aromatic rings. The van der Waals surface area contributed by atoms with Gasteiger partial charge in [0.2, 0.25) is 0 Å². The highest BCUT2D eigenvalue weighted by Gasteiger charge is 2.19. The molecule has 22 heavy (non-hydrogen) atoms. The zero-order valence-electron chi connectivity index (χ0n) is 12.0. The molecule has 0 radical (unpaired) electrons. The number of ketones is 1. The predicted octanol–water partition coefficient (Wildman–Crippen LogP) is 2.31. The Morgan fingerprint density at radius 1 is 1.36 bits per heavy atom. The van der Waals surface area contributed by atoms with Crippen LogP contribution in [0.15, 0.2) is 18.2 Å². The van der Waals surface area contributed by atoms with Crippen LogP contribution in [0, 0.1) is 0 Å². The third-order valence-electron chi connectivity index (χ3n) is 3.63. The van der Waals surface area contributed by atoms with E-state index >= 15 is 0 Å². The molecular formula is C15H16N2O3S2. The highest BCUT2D eigenvalue weighted by Crippen LogP contribution is 2.29. The number of thiocarbonyl (C=S) groups is 1. The van der Waals surface area contributed by atoms with E-state index in [1.54, 1.807) is 18.2 Å². The Balaban J connectivity index is 1.61. The molecular weight excluding hydrogens is 320 g/mol. The van der Waals surface area contributed by atoms with Gasteiger partial charge in [0.15, 0.2) is 12.4 Å². The number of thioether (sulfide) groups is 1. The lowest BCUT2D eigenvalue weighted by atomic mass is 10.1. The summed E-state index contributed by atoms with van der Waals surface area (Å²) in [5, 5.41) is 2.71. The van der Waals surface area contributed by atoms with Crippen molar-refractivity contribution in [2.24, 2.45) is 0 Å². The first kappa shape index (κ1) is 15.3. The van der Waals surface area contributed by atoms with Gasteiger partial charge in [-0.15, -0.1) is 0 Å². The summed E-state index contributed by atoms with van der Waals surface area (Å²) in [5.74, 6) is 0.690. The summed E-state index contributed by atoms with van der Waals surface area (Å²) in [5.41, 5.74) is 1.11. The van der Waals surface area contributed by atoms with Gasteiger partial charge in [-0.2, -0.15) is 0 Å². The first-order valence-electron chi connectivity index (χ1n) is 7.15. The van der Waals surface area contributed by atoms with Crippen LogP contribution in [-0.4, -0.2) is 46.4 Å². The molecule has 0 aliphatic carbocycles. The van der Waals surface area contributed by atoms with E-state index in [4.69, 9.17) is 17.0 Å². The van der Waals surface area contributed by atoms with Crippen LogP contribution in [0.4, 0.5) is 5.69 Å². The van der Waals surface area contributed by atoms with E-state index in [0.29, 0.717) is 22.8 Å². The third kappa shape index (κ3) is 3.41. The molecule has 7 heteroatoms. The molecule has 1 N–H and O–H groups in total. The first-order valence-corrected chi connectivity index (χ1v) is 8.54. The molecule has 2 heterocycles. The molecule has 0 aromatic heterocycles. The molecule has 0 bridgehead atoms. The molecule has 0 saturated carbocycles. The van der Waals surface area contributed by atoms with E-state index in [-0.39, 0.29) is 18.3 Å². The van der Waals surface area contributed by atoms with Gasteiger partial charge in [-0.25, -0.2) is 0 Å². The maximum absolute atomic E-state index is 12.3. The van der Waals surface area contributed by atoms with Crippen molar-refractivity contribution in [3.05, 3.63) is 23.8 Å². The van der Waals surface area contributed by atoms with Crippen molar-refractivity contribution in [2.45, 2.75) is 12.8 Å². The van der Waals surface area contributed by atoms with Crippen molar-refractivity contribution in [1.82, 2.24) is 4.90 Å². The highest BCUT2D eigenvalue weighted by atomic mass is 32.2. The summed E-state index contributed by atoms with van der Waals surface area (Å²) in [6, 6.07) is 5.09. The van der Waals surface area contributed by atoms with Crippen LogP contribution in [0.3, 0.4) is 0 Å². The number of hydrogen-bond acceptors (Lipinski definition) is 5. The maximum Gasteiger partial charge on any atom is 0.262 e. The lowest BCUT2D eigenvalue weighted by Crippen LogP contribution is -2.26. The molecule has 2 aliphatic heterocycles. The topological polar surface area (TPSA) is 58.6 Å². The van der Waals surface area contributed by atoms with Gasteiger partial charge in [0.05, 0.1) is 11.4 Å². The van der Waals surface area contributed by atoms with E-state index < -0.39 is 0 Å². The lowest BCUT2D eigenvalue weighted by Gasteiger charge is -2.19. The van der Waals surface area contributed by atoms with Crippen LogP contribution in [0.25, 0.3) is 0 Å². The Bertz CT molecular complexity index is 627. The minimum absolute atomic E-state index is 0.00540. The number of benzene rings is 1. The van der Waals surface area contributed by atoms with Gasteiger partial charge in [0.25, 0.3) is 5.91 Å². The molecule has 1 aromatic carbocycles. The predicted molar refractivity (Wildman–Crippen MR) is 90.8 cm³/mol. The van der Waals surface area contributed by atoms with Crippen LogP contribution >= 0.6 is 24.0 Å². The number of hydrogen-bond donors (Lipinski definition) is 1. The zero-order chi connectivity index (χ0) is 15.5. The normalized spacial score (nSPS) is 16.7. The SMILES string of the molecule is O=C1COc2ccc(C(=O)CSC(=S)N3CCCC3)cc2N1. The number of fused-ring (bicyclic) bond motifs is 1. The number of carbonyl (C=O) groups is 2. The van der Waals surface area contributed by atoms with E-state index in [2.05, 4.69) is 10.2 Å². The molecule has 0 unspecified atom stereocenters. The van der Waals surface area contributed by atoms with Crippen molar-refractivity contribution in [1.29, 1.82) is 0 Å². The van der Waals surface area contributed by atoms with Crippen molar-refractivity contribution in [2.75, 3.05) is 30.8 Å². The number of nitrogens with zero attached hydrogens (tertiary/aromatic N) is 1. The molecule has 3 rings (SSSR count). The van der Waals surface area contributed by atoms with Gasteiger partial charge in [-0.05, 0) is 31.0 Å². The second-order valence-electron chi connectivity index (χ2n) is 5.22. The van der Waals surface area contributed by atoms with Crippen LogP contribution < -0.4 is 10.1 Å². The Morgan fingerprint density at radius 2 is 2.14 bits per heavy atom. The van der Waals surface area contributed by atoms with Crippen LogP contribution in [-0.2, 0) is 4.79 Å². The third-order valence-corrected chi connectivity index (χ3v) is 5.15. The van der Waals surface area contributed by atoms with Crippen LogP contribution in [0.2, 0.25) is 0 Å². The molecule has 1 saturated heterocycles. The summed E-state index contributed by atoms with van der Waals surface area (Å²) in [4.78, 5) is 25.7. The molecule has 116 valence electrons. The number of Topliss-reactive ketones (excluding diaryl/α,β-unsaturated/α-hetero) is 1. The second kappa shape index (κ2) is 6.66. The first-order chi connectivity index (χ1) is 10.6. The quantitative estimate of drug-likeness (QED) is 0.675. The zero-order valence-corrected chi connectivity index (χ0v) is 13.6. The van der Waals surface area contributed by atoms with Gasteiger partial charge >= 0.3 is 0 Å². The van der Waals surface area contributed by atoms with Gasteiger partial charge in [-0.1, -0.05) is 24.0 Å². The molecule has 5 nitrogen and oxygen atoms in total. The average Bonchev–Trinajstić information content (AvgIpc) is 3.06. The highest BCUT2D eigenvalue weighted by molar-refractivity contribution is 8.23. The Labute approximate surface area is 138 Å². The van der Waals surface area contributed by atoms with Crippen molar-refractivity contribution in [3.63, 3.8) is 0 Å². The summed E-state index contributed by atoms with van der Waals surface area (Å²) in [6.07, 6.45) is 2.33. The van der Waals surface area contributed by atoms with Crippen molar-refractivity contribution < 1.29 is 14.3 Å². The van der Waals surface area contributed by atoms with E-state index in [9.17, 15) is 9.59 Å². The maximum atomic E-state index is 12.3. The van der Waals surface area contributed by atoms with E-state index in [1.165, 1.54) is 24.6 Å². The number of likely N-dealkylation sites (tertiary alicyclic amines) is 1. The fraction of sp³-hybridized carbons (Fsp3) is 0.400. The minimum atomic E-state index is -0.207. The van der Waals surface area contributed by atoms with Crippen molar-refractivity contribution >= 4 is 45.7 Å². The summed E-state index contributed by atoms with van der Waals surface area (Å²) < 4.78 is 6.07. The van der Waals surface area contributed by atoms with Crippen molar-refractivity contribution in [3.8, 4) is 5.75 Å². The fourth-order valence-electron chi connectivity index (χ4n) is 2.46. The minimum Gasteiger partial charge on any atom is -0.482 e. The summed E-state index contributed by atoms with van der Waals surface area (Å²) in [6.45, 7) is 1.99. The summed E-state index contributed by atoms with van der Waals surface area (Å²) >= 11 is 6.76. The Morgan fingerprint density at radius 3 is 2.91 bits per heavy atom. The lowest BCUT2D eigenvalue weighted by molar-refractivity contribution is -0.118. The number of anilines is 1. The number of carbonyl (C=O) groups excluding carboxylic acids is 2. The monoisotopic (exact) mass is 336 g/mol. The number of rotatable bonds is 3. The average molecular weight is 336 g/mol. The Kier molecular flexibility index (Phi) is 4.63. The number of amides is 1. The Hall–Kier alpha value is -1.60. The molecule has 1 fully saturated rings. The molecule has 2 aliphatic rings. The largest absolute Gasteiger partial charge is 0.482 e. The standard InChI is InChI=1S/C15H16N2O3S2/c18-12(9-22-15(21)17-5-1-2-6-17)10-3-4-13-11(7-10)16-14(19)8-20-13/h3-4,7H,1-2,5-6,8-9H2,(H,16,19). The van der Waals surface area contributed by atoms with Crippen LogP contribution in [0.1, 0.15) is 23.2 Å². The number of nitrogens with one attached hydrogen (secondary N) is 1. The molecule has 0 spiro atoms. The van der Waals surface area contributed by atoms with E-state index in [0.717, 1.165) is 17.4 Å². The summed E-state index contributed by atoms with van der Waals surface area (Å²) in [7, 11) is 0. The van der Waals surface area contributed by atoms with Gasteiger partial charge in [0.1, 0.15) is 10.1 Å². The number of ether oxygens (including phenoxy) is 1. The van der Waals surface area contributed by atoms with Crippen LogP contribution in [0.5, 0.6) is 5.75 Å². The van der Waals surface area contributed by atoms with E-state index in [1.807, 2.05) is 0 Å². The fourth-order valence-corrected chi connectivity index (χ4v) is 3.60. The molecule has 0 atom stereocenters. The van der Waals surface area contributed by atoms with Gasteiger partial charge in [-0.3, -0.25) is 9.59 Å².